The Morgan fingerprint density at radius 1 is 1.25 bits per heavy atom. The van der Waals surface area contributed by atoms with Gasteiger partial charge in [-0.25, -0.2) is 16.8 Å². The molecule has 0 aliphatic carbocycles. The highest BCUT2D eigenvalue weighted by molar-refractivity contribution is 7.92. The molecule has 1 heterocycles. The first-order valence-corrected chi connectivity index (χ1v) is 10.4. The summed E-state index contributed by atoms with van der Waals surface area (Å²) in [6, 6.07) is 3.00. The monoisotopic (exact) mass is 377 g/mol. The molecule has 10 heteroatoms. The second kappa shape index (κ2) is 6.43. The molecule has 2 atom stereocenters. The van der Waals surface area contributed by atoms with Crippen LogP contribution in [-0.4, -0.2) is 67.5 Å². The van der Waals surface area contributed by atoms with E-state index in [2.05, 4.69) is 0 Å². The highest BCUT2D eigenvalue weighted by Gasteiger charge is 2.45. The van der Waals surface area contributed by atoms with Crippen LogP contribution in [0.4, 0.5) is 0 Å². The van der Waals surface area contributed by atoms with Crippen molar-refractivity contribution in [3.05, 3.63) is 29.3 Å². The first-order valence-electron chi connectivity index (χ1n) is 7.13. The first kappa shape index (κ1) is 18.8. The molecule has 1 aromatic rings. The number of nitrogens with zero attached hydrogens (tertiary/aromatic N) is 1. The van der Waals surface area contributed by atoms with Crippen LogP contribution in [-0.2, 0) is 24.7 Å². The van der Waals surface area contributed by atoms with Crippen LogP contribution in [0.5, 0.6) is 0 Å². The van der Waals surface area contributed by atoms with Gasteiger partial charge in [-0.3, -0.25) is 4.79 Å². The molecule has 0 saturated carbocycles. The average Bonchev–Trinajstić information content (AvgIpc) is 2.71. The molecule has 0 bridgehead atoms. The van der Waals surface area contributed by atoms with Crippen LogP contribution < -0.4 is 0 Å². The quantitative estimate of drug-likeness (QED) is 0.710. The molecule has 1 aliphatic heterocycles. The van der Waals surface area contributed by atoms with Crippen LogP contribution in [0.2, 0.25) is 0 Å². The number of aryl methyl sites for hydroxylation is 2. The summed E-state index contributed by atoms with van der Waals surface area (Å²) in [7, 11) is -7.91. The molecule has 0 aromatic heterocycles. The number of sulfonamides is 1. The summed E-state index contributed by atoms with van der Waals surface area (Å²) in [6.45, 7) is 2.59. The van der Waals surface area contributed by atoms with Gasteiger partial charge in [-0.2, -0.15) is 4.31 Å². The Balaban J connectivity index is 2.50. The normalized spacial score (nSPS) is 23.5. The Hall–Kier alpha value is -1.49. The maximum Gasteiger partial charge on any atom is 0.318 e. The molecule has 2 rings (SSSR count). The van der Waals surface area contributed by atoms with Gasteiger partial charge in [0, 0.05) is 0 Å². The Morgan fingerprint density at radius 2 is 1.88 bits per heavy atom. The van der Waals surface area contributed by atoms with Gasteiger partial charge in [-0.05, 0) is 37.1 Å². The van der Waals surface area contributed by atoms with E-state index in [1.807, 2.05) is 0 Å². The molecule has 1 aliphatic rings. The lowest BCUT2D eigenvalue weighted by Crippen LogP contribution is -2.48. The fraction of sp³-hybridized carbons (Fsp3) is 0.500. The summed E-state index contributed by atoms with van der Waals surface area (Å²) < 4.78 is 49.6. The zero-order valence-corrected chi connectivity index (χ0v) is 14.8. The second-order valence-corrected chi connectivity index (χ2v) is 9.95. The Bertz CT molecular complexity index is 861. The van der Waals surface area contributed by atoms with Crippen molar-refractivity contribution in [3.63, 3.8) is 0 Å². The smallest absolute Gasteiger partial charge is 0.318 e. The van der Waals surface area contributed by atoms with E-state index in [0.717, 1.165) is 5.56 Å². The molecular formula is C14H19NO7S2. The molecule has 8 nitrogen and oxygen atoms in total. The summed E-state index contributed by atoms with van der Waals surface area (Å²) in [5, 5.41) is 19.0. The topological polar surface area (TPSA) is 129 Å². The van der Waals surface area contributed by atoms with E-state index in [1.54, 1.807) is 19.9 Å². The van der Waals surface area contributed by atoms with E-state index in [9.17, 15) is 26.7 Å². The Morgan fingerprint density at radius 3 is 2.33 bits per heavy atom. The van der Waals surface area contributed by atoms with E-state index in [-0.39, 0.29) is 4.90 Å². The number of carboxylic acid groups (broad SMARTS) is 1. The van der Waals surface area contributed by atoms with E-state index in [4.69, 9.17) is 5.11 Å². The third kappa shape index (κ3) is 3.77. The summed E-state index contributed by atoms with van der Waals surface area (Å²) in [6.07, 6.45) is -1.46. The van der Waals surface area contributed by atoms with E-state index in [0.29, 0.717) is 9.87 Å². The van der Waals surface area contributed by atoms with Gasteiger partial charge in [0.2, 0.25) is 10.0 Å². The summed E-state index contributed by atoms with van der Waals surface area (Å²) in [5.41, 5.74) is 1.56. The third-order valence-electron chi connectivity index (χ3n) is 4.04. The Labute approximate surface area is 140 Å². The molecule has 1 aromatic carbocycles. The van der Waals surface area contributed by atoms with Crippen molar-refractivity contribution in [1.82, 2.24) is 4.31 Å². The molecule has 0 unspecified atom stereocenters. The molecule has 1 fully saturated rings. The van der Waals surface area contributed by atoms with Crippen molar-refractivity contribution in [2.24, 2.45) is 0 Å². The fourth-order valence-electron chi connectivity index (χ4n) is 2.61. The van der Waals surface area contributed by atoms with Gasteiger partial charge in [0.25, 0.3) is 0 Å². The van der Waals surface area contributed by atoms with Gasteiger partial charge in [-0.1, -0.05) is 6.07 Å². The van der Waals surface area contributed by atoms with Gasteiger partial charge in [0.05, 0.1) is 28.5 Å². The van der Waals surface area contributed by atoms with Crippen molar-refractivity contribution in [2.75, 3.05) is 18.1 Å². The molecular weight excluding hydrogens is 358 g/mol. The molecule has 0 spiro atoms. The Kier molecular flexibility index (Phi) is 5.05. The molecule has 2 N–H and O–H groups in total. The number of aliphatic carboxylic acids is 1. The summed E-state index contributed by atoms with van der Waals surface area (Å²) in [5.74, 6) is -2.62. The number of hydrogen-bond acceptors (Lipinski definition) is 6. The number of benzene rings is 1. The predicted molar refractivity (Wildman–Crippen MR) is 85.9 cm³/mol. The molecule has 0 radical (unpaired) electrons. The molecule has 0 amide bonds. The lowest BCUT2D eigenvalue weighted by molar-refractivity contribution is -0.137. The van der Waals surface area contributed by atoms with Gasteiger partial charge >= 0.3 is 5.97 Å². The van der Waals surface area contributed by atoms with Gasteiger partial charge in [0.15, 0.2) is 9.84 Å². The minimum Gasteiger partial charge on any atom is -0.480 e. The minimum absolute atomic E-state index is 0.136. The van der Waals surface area contributed by atoms with Crippen LogP contribution in [0.1, 0.15) is 11.1 Å². The maximum atomic E-state index is 12.8. The maximum absolute atomic E-state index is 12.8. The molecule has 134 valence electrons. The number of rotatable bonds is 5. The first-order chi connectivity index (χ1) is 10.9. The van der Waals surface area contributed by atoms with Gasteiger partial charge in [0.1, 0.15) is 6.54 Å². The van der Waals surface area contributed by atoms with E-state index < -0.39 is 56.0 Å². The minimum atomic E-state index is -4.27. The highest BCUT2D eigenvalue weighted by atomic mass is 32.2. The van der Waals surface area contributed by atoms with Crippen LogP contribution in [0.15, 0.2) is 23.1 Å². The molecule has 1 saturated heterocycles. The number of aliphatic hydroxyl groups is 1. The number of sulfone groups is 1. The summed E-state index contributed by atoms with van der Waals surface area (Å²) in [4.78, 5) is 11.0. The highest BCUT2D eigenvalue weighted by Crippen LogP contribution is 2.26. The van der Waals surface area contributed by atoms with Crippen LogP contribution in [0.25, 0.3) is 0 Å². The number of hydrogen-bond donors (Lipinski definition) is 2. The van der Waals surface area contributed by atoms with Crippen molar-refractivity contribution in [2.45, 2.75) is 30.9 Å². The van der Waals surface area contributed by atoms with Crippen LogP contribution in [0, 0.1) is 13.8 Å². The van der Waals surface area contributed by atoms with Gasteiger partial charge < -0.3 is 10.2 Å². The predicted octanol–water partition coefficient (Wildman–Crippen LogP) is -0.463. The van der Waals surface area contributed by atoms with Gasteiger partial charge in [-0.15, -0.1) is 0 Å². The standard InChI is InChI=1S/C14H19NO7S2/c1-9-3-4-11(5-10(9)2)24(21,22)15(6-14(17)18)12-7-23(19,20)8-13(12)16/h3-5,12-13,16H,6-8H2,1-2H3,(H,17,18)/t12-,13-/m0/s1. The van der Waals surface area contributed by atoms with E-state index in [1.165, 1.54) is 12.1 Å². The molecule has 24 heavy (non-hydrogen) atoms. The zero-order chi connectivity index (χ0) is 18.3. The zero-order valence-electron chi connectivity index (χ0n) is 13.2. The van der Waals surface area contributed by atoms with Crippen molar-refractivity contribution < 1.29 is 31.8 Å². The fourth-order valence-corrected chi connectivity index (χ4v) is 6.19. The van der Waals surface area contributed by atoms with E-state index >= 15 is 0 Å². The summed E-state index contributed by atoms with van der Waals surface area (Å²) >= 11 is 0. The number of carboxylic acids is 1. The van der Waals surface area contributed by atoms with Crippen LogP contribution in [0.3, 0.4) is 0 Å². The third-order valence-corrected chi connectivity index (χ3v) is 7.61. The van der Waals surface area contributed by atoms with Crippen molar-refractivity contribution in [3.8, 4) is 0 Å². The number of aliphatic hydroxyl groups excluding tert-OH is 1. The average molecular weight is 377 g/mol. The second-order valence-electron chi connectivity index (χ2n) is 5.90. The SMILES string of the molecule is Cc1ccc(S(=O)(=O)N(CC(=O)O)[C@H]2CS(=O)(=O)C[C@@H]2O)cc1C. The van der Waals surface area contributed by atoms with Crippen molar-refractivity contribution >= 4 is 25.8 Å². The lowest BCUT2D eigenvalue weighted by Gasteiger charge is -2.28. The lowest BCUT2D eigenvalue weighted by atomic mass is 10.1. The van der Waals surface area contributed by atoms with Crippen molar-refractivity contribution in [1.29, 1.82) is 0 Å². The van der Waals surface area contributed by atoms with Crippen LogP contribution >= 0.6 is 0 Å². The number of carbonyl (C=O) groups is 1. The largest absolute Gasteiger partial charge is 0.480 e.